The molecule has 4 N–H and O–H groups in total. The molecular weight excluding hydrogens is 460 g/mol. The summed E-state index contributed by atoms with van der Waals surface area (Å²) in [5, 5.41) is 6.30. The molecule has 1 fully saturated rings. The molecule has 6 heteroatoms. The zero-order valence-electron chi connectivity index (χ0n) is 23.3. The van der Waals surface area contributed by atoms with Crippen molar-refractivity contribution in [1.29, 1.82) is 0 Å². The molecule has 3 rings (SSSR count). The number of rotatable bonds is 11. The van der Waals surface area contributed by atoms with Crippen LogP contribution >= 0.6 is 0 Å². The first-order valence-corrected chi connectivity index (χ1v) is 13.9. The van der Waals surface area contributed by atoms with Gasteiger partial charge < -0.3 is 16.4 Å². The number of hydrogen-bond acceptors (Lipinski definition) is 4. The highest BCUT2D eigenvalue weighted by Crippen LogP contribution is 2.46. The average molecular weight is 507 g/mol. The molecule has 1 aromatic carbocycles. The molecule has 1 aliphatic rings. The number of benzene rings is 1. The van der Waals surface area contributed by atoms with Crippen LogP contribution in [0.5, 0.6) is 0 Å². The number of nitrogens with two attached hydrogens (primary N) is 1. The van der Waals surface area contributed by atoms with Crippen molar-refractivity contribution in [2.75, 3.05) is 11.9 Å². The fourth-order valence-corrected chi connectivity index (χ4v) is 6.38. The SMILES string of the molecule is CCC(CC)(C(=O)NCC(N)C1CC(CC(C)C)CC(C)(C(=O)Nc2ccncc2)C1)c1ccccc1. The number of amides is 2. The third-order valence-corrected chi connectivity index (χ3v) is 8.45. The second-order valence-corrected chi connectivity index (χ2v) is 11.7. The second kappa shape index (κ2) is 12.7. The summed E-state index contributed by atoms with van der Waals surface area (Å²) in [6.45, 7) is 11.1. The number of carbonyl (C=O) groups excluding carboxylic acids is 2. The van der Waals surface area contributed by atoms with Gasteiger partial charge in [0.15, 0.2) is 0 Å². The monoisotopic (exact) mass is 506 g/mol. The van der Waals surface area contributed by atoms with E-state index in [2.05, 4.69) is 50.2 Å². The van der Waals surface area contributed by atoms with E-state index in [1.165, 1.54) is 0 Å². The number of nitrogens with zero attached hydrogens (tertiary/aromatic N) is 1. The van der Waals surface area contributed by atoms with Gasteiger partial charge in [0.05, 0.1) is 5.41 Å². The van der Waals surface area contributed by atoms with Crippen LogP contribution in [0.25, 0.3) is 0 Å². The molecule has 202 valence electrons. The van der Waals surface area contributed by atoms with E-state index in [9.17, 15) is 9.59 Å². The standard InChI is InChI=1S/C31H46N4O2/c1-6-31(7-2,25-11-9-8-10-12-25)29(37)34-21-27(32)24-18-23(17-22(3)4)19-30(5,20-24)28(36)35-26-13-15-33-16-14-26/h8-16,22-24,27H,6-7,17-21,32H2,1-5H3,(H,34,37)(H,33,35,36). The van der Waals surface area contributed by atoms with Crippen molar-refractivity contribution < 1.29 is 9.59 Å². The Bertz CT molecular complexity index is 1010. The molecular formula is C31H46N4O2. The van der Waals surface area contributed by atoms with Crippen LogP contribution in [-0.4, -0.2) is 29.4 Å². The molecule has 1 aliphatic carbocycles. The quantitative estimate of drug-likeness (QED) is 0.365. The zero-order chi connectivity index (χ0) is 27.1. The van der Waals surface area contributed by atoms with Crippen LogP contribution < -0.4 is 16.4 Å². The Balaban J connectivity index is 1.73. The molecule has 2 amide bonds. The Labute approximate surface area is 223 Å². The smallest absolute Gasteiger partial charge is 0.230 e. The van der Waals surface area contributed by atoms with Crippen LogP contribution in [0.1, 0.15) is 78.7 Å². The molecule has 4 atom stereocenters. The van der Waals surface area contributed by atoms with Gasteiger partial charge in [-0.2, -0.15) is 0 Å². The Morgan fingerprint density at radius 1 is 1.08 bits per heavy atom. The molecule has 0 bridgehead atoms. The summed E-state index contributed by atoms with van der Waals surface area (Å²) >= 11 is 0. The lowest BCUT2D eigenvalue weighted by Crippen LogP contribution is -2.52. The first-order chi connectivity index (χ1) is 17.6. The third kappa shape index (κ3) is 6.98. The first kappa shape index (κ1) is 28.8. The van der Waals surface area contributed by atoms with Crippen LogP contribution in [0.2, 0.25) is 0 Å². The van der Waals surface area contributed by atoms with Crippen molar-refractivity contribution in [2.45, 2.75) is 84.6 Å². The number of pyridine rings is 1. The van der Waals surface area contributed by atoms with Gasteiger partial charge in [0.2, 0.25) is 11.8 Å². The van der Waals surface area contributed by atoms with Gasteiger partial charge in [-0.15, -0.1) is 0 Å². The van der Waals surface area contributed by atoms with E-state index in [0.29, 0.717) is 24.8 Å². The Hall–Kier alpha value is -2.73. The predicted molar refractivity (Wildman–Crippen MR) is 151 cm³/mol. The van der Waals surface area contributed by atoms with Gasteiger partial charge in [0, 0.05) is 36.1 Å². The molecule has 6 nitrogen and oxygen atoms in total. The van der Waals surface area contributed by atoms with Gasteiger partial charge in [0.25, 0.3) is 0 Å². The summed E-state index contributed by atoms with van der Waals surface area (Å²) in [5.41, 5.74) is 7.49. The molecule has 0 saturated heterocycles. The fourth-order valence-electron chi connectivity index (χ4n) is 6.38. The van der Waals surface area contributed by atoms with Crippen molar-refractivity contribution in [3.05, 3.63) is 60.4 Å². The Morgan fingerprint density at radius 2 is 1.73 bits per heavy atom. The van der Waals surface area contributed by atoms with E-state index in [-0.39, 0.29) is 23.8 Å². The van der Waals surface area contributed by atoms with Crippen molar-refractivity contribution in [1.82, 2.24) is 10.3 Å². The summed E-state index contributed by atoms with van der Waals surface area (Å²) in [6, 6.07) is 13.4. The highest BCUT2D eigenvalue weighted by Gasteiger charge is 2.44. The lowest BCUT2D eigenvalue weighted by molar-refractivity contribution is -0.129. The van der Waals surface area contributed by atoms with Gasteiger partial charge >= 0.3 is 0 Å². The molecule has 0 aliphatic heterocycles. The molecule has 0 radical (unpaired) electrons. The zero-order valence-corrected chi connectivity index (χ0v) is 23.3. The summed E-state index contributed by atoms with van der Waals surface area (Å²) in [7, 11) is 0. The van der Waals surface area contributed by atoms with E-state index in [0.717, 1.165) is 43.4 Å². The molecule has 1 saturated carbocycles. The van der Waals surface area contributed by atoms with Gasteiger partial charge in [-0.1, -0.05) is 65.0 Å². The van der Waals surface area contributed by atoms with E-state index in [1.54, 1.807) is 12.4 Å². The molecule has 4 unspecified atom stereocenters. The number of aromatic nitrogens is 1. The predicted octanol–water partition coefficient (Wildman–Crippen LogP) is 5.69. The highest BCUT2D eigenvalue weighted by molar-refractivity contribution is 5.95. The Kier molecular flexibility index (Phi) is 9.88. The Morgan fingerprint density at radius 3 is 2.32 bits per heavy atom. The van der Waals surface area contributed by atoms with Gasteiger partial charge in [-0.05, 0) is 74.0 Å². The third-order valence-electron chi connectivity index (χ3n) is 8.45. The number of nitrogens with one attached hydrogen (secondary N) is 2. The fraction of sp³-hybridized carbons (Fsp3) is 0.581. The van der Waals surface area contributed by atoms with Crippen molar-refractivity contribution >= 4 is 17.5 Å². The maximum atomic E-state index is 13.5. The van der Waals surface area contributed by atoms with Crippen molar-refractivity contribution in [3.8, 4) is 0 Å². The molecule has 1 aromatic heterocycles. The van der Waals surface area contributed by atoms with Gasteiger partial charge in [-0.25, -0.2) is 0 Å². The number of hydrogen-bond donors (Lipinski definition) is 3. The second-order valence-electron chi connectivity index (χ2n) is 11.7. The summed E-state index contributed by atoms with van der Waals surface area (Å²) < 4.78 is 0. The van der Waals surface area contributed by atoms with Gasteiger partial charge in [0.1, 0.15) is 0 Å². The molecule has 0 spiro atoms. The minimum Gasteiger partial charge on any atom is -0.354 e. The highest BCUT2D eigenvalue weighted by atomic mass is 16.2. The minimum absolute atomic E-state index is 0.0341. The summed E-state index contributed by atoms with van der Waals surface area (Å²) in [5.74, 6) is 1.19. The normalized spacial score (nSPS) is 22.9. The van der Waals surface area contributed by atoms with E-state index < -0.39 is 10.8 Å². The number of carbonyl (C=O) groups is 2. The summed E-state index contributed by atoms with van der Waals surface area (Å²) in [6.07, 6.45) is 8.42. The average Bonchev–Trinajstić information content (AvgIpc) is 2.89. The van der Waals surface area contributed by atoms with Crippen LogP contribution in [0.15, 0.2) is 54.9 Å². The lowest BCUT2D eigenvalue weighted by Gasteiger charge is -2.44. The number of anilines is 1. The molecule has 1 heterocycles. The maximum Gasteiger partial charge on any atom is 0.230 e. The molecule has 37 heavy (non-hydrogen) atoms. The van der Waals surface area contributed by atoms with Gasteiger partial charge in [-0.3, -0.25) is 14.6 Å². The first-order valence-electron chi connectivity index (χ1n) is 13.9. The van der Waals surface area contributed by atoms with Crippen LogP contribution in [0.3, 0.4) is 0 Å². The topological polar surface area (TPSA) is 97.1 Å². The largest absolute Gasteiger partial charge is 0.354 e. The van der Waals surface area contributed by atoms with E-state index >= 15 is 0 Å². The van der Waals surface area contributed by atoms with Crippen molar-refractivity contribution in [2.24, 2.45) is 28.9 Å². The van der Waals surface area contributed by atoms with Crippen LogP contribution in [0, 0.1) is 23.2 Å². The van der Waals surface area contributed by atoms with E-state index in [4.69, 9.17) is 5.73 Å². The minimum atomic E-state index is -0.563. The van der Waals surface area contributed by atoms with Crippen molar-refractivity contribution in [3.63, 3.8) is 0 Å². The maximum absolute atomic E-state index is 13.5. The molecule has 2 aromatic rings. The lowest BCUT2D eigenvalue weighted by atomic mass is 9.63. The van der Waals surface area contributed by atoms with Crippen LogP contribution in [0.4, 0.5) is 5.69 Å². The summed E-state index contributed by atoms with van der Waals surface area (Å²) in [4.78, 5) is 31.1. The van der Waals surface area contributed by atoms with E-state index in [1.807, 2.05) is 42.5 Å². The van der Waals surface area contributed by atoms with Crippen LogP contribution in [-0.2, 0) is 15.0 Å².